The van der Waals surface area contributed by atoms with Gasteiger partial charge >= 0.3 is 8.56 Å². The summed E-state index contributed by atoms with van der Waals surface area (Å²) < 4.78 is 18.0. The zero-order valence-corrected chi connectivity index (χ0v) is 14.4. The molecular formula is C15H31NO3Si. The Balaban J connectivity index is 2.57. The molecule has 0 aliphatic carbocycles. The first-order valence-corrected chi connectivity index (χ1v) is 10.4. The van der Waals surface area contributed by atoms with Crippen molar-refractivity contribution in [3.8, 4) is 0 Å². The molecule has 1 saturated heterocycles. The van der Waals surface area contributed by atoms with E-state index >= 15 is 0 Å². The zero-order valence-electron chi connectivity index (χ0n) is 13.4. The van der Waals surface area contributed by atoms with Gasteiger partial charge in [-0.1, -0.05) is 19.9 Å². The lowest BCUT2D eigenvalue weighted by atomic mass is 10.3. The van der Waals surface area contributed by atoms with E-state index in [1.807, 2.05) is 13.1 Å². The molecule has 5 heteroatoms. The van der Waals surface area contributed by atoms with E-state index in [0.717, 1.165) is 38.8 Å². The SMILES string of the molecule is C=CN(CCCC)CC1COCCC[Si](C)(OCC)O1. The summed E-state index contributed by atoms with van der Waals surface area (Å²) in [7, 11) is -2.03. The van der Waals surface area contributed by atoms with Gasteiger partial charge in [-0.2, -0.15) is 0 Å². The van der Waals surface area contributed by atoms with Gasteiger partial charge in [-0.15, -0.1) is 0 Å². The van der Waals surface area contributed by atoms with Gasteiger partial charge in [-0.25, -0.2) is 0 Å². The Morgan fingerprint density at radius 3 is 2.90 bits per heavy atom. The Morgan fingerprint density at radius 2 is 2.25 bits per heavy atom. The molecule has 20 heavy (non-hydrogen) atoms. The molecule has 0 aromatic rings. The molecule has 0 bridgehead atoms. The summed E-state index contributed by atoms with van der Waals surface area (Å²) in [4.78, 5) is 2.24. The predicted molar refractivity (Wildman–Crippen MR) is 85.0 cm³/mol. The van der Waals surface area contributed by atoms with Gasteiger partial charge < -0.3 is 18.5 Å². The van der Waals surface area contributed by atoms with Crippen molar-refractivity contribution in [2.45, 2.75) is 51.8 Å². The van der Waals surface area contributed by atoms with E-state index in [2.05, 4.69) is 24.9 Å². The second kappa shape index (κ2) is 9.55. The third kappa shape index (κ3) is 6.39. The minimum atomic E-state index is -2.03. The normalized spacial score (nSPS) is 27.6. The van der Waals surface area contributed by atoms with Crippen LogP contribution in [0.25, 0.3) is 0 Å². The van der Waals surface area contributed by atoms with Gasteiger partial charge in [-0.05, 0) is 38.6 Å². The van der Waals surface area contributed by atoms with Gasteiger partial charge in [0.2, 0.25) is 0 Å². The van der Waals surface area contributed by atoms with Crippen LogP contribution in [-0.4, -0.2) is 52.5 Å². The first kappa shape index (κ1) is 17.7. The van der Waals surface area contributed by atoms with Gasteiger partial charge in [0.25, 0.3) is 0 Å². The summed E-state index contributed by atoms with van der Waals surface area (Å²) in [5, 5.41) is 0. The lowest BCUT2D eigenvalue weighted by molar-refractivity contribution is 0.00360. The number of nitrogens with zero attached hydrogens (tertiary/aromatic N) is 1. The molecule has 4 nitrogen and oxygen atoms in total. The Bertz CT molecular complexity index is 278. The maximum atomic E-state index is 6.33. The second-order valence-corrected chi connectivity index (χ2v) is 8.81. The van der Waals surface area contributed by atoms with Gasteiger partial charge in [0.1, 0.15) is 0 Å². The second-order valence-electron chi connectivity index (χ2n) is 5.52. The van der Waals surface area contributed by atoms with E-state index in [1.165, 1.54) is 12.8 Å². The molecule has 1 rings (SSSR count). The van der Waals surface area contributed by atoms with Crippen LogP contribution in [0.15, 0.2) is 12.8 Å². The highest BCUT2D eigenvalue weighted by molar-refractivity contribution is 6.66. The van der Waals surface area contributed by atoms with E-state index in [1.54, 1.807) is 0 Å². The van der Waals surface area contributed by atoms with Crippen molar-refractivity contribution >= 4 is 8.56 Å². The van der Waals surface area contributed by atoms with Crippen LogP contribution in [-0.2, 0) is 13.6 Å². The summed E-state index contributed by atoms with van der Waals surface area (Å²) in [6.45, 7) is 14.4. The quantitative estimate of drug-likeness (QED) is 0.645. The van der Waals surface area contributed by atoms with E-state index in [-0.39, 0.29) is 6.10 Å². The van der Waals surface area contributed by atoms with E-state index in [0.29, 0.717) is 6.61 Å². The molecule has 0 saturated carbocycles. The van der Waals surface area contributed by atoms with Gasteiger partial charge in [0.05, 0.1) is 12.7 Å². The van der Waals surface area contributed by atoms with Crippen LogP contribution in [0.3, 0.4) is 0 Å². The Morgan fingerprint density at radius 1 is 1.45 bits per heavy atom. The summed E-state index contributed by atoms with van der Waals surface area (Å²) >= 11 is 0. The van der Waals surface area contributed by atoms with Crippen LogP contribution in [0.1, 0.15) is 33.1 Å². The van der Waals surface area contributed by atoms with Crippen molar-refractivity contribution in [1.29, 1.82) is 0 Å². The highest BCUT2D eigenvalue weighted by Gasteiger charge is 2.35. The van der Waals surface area contributed by atoms with E-state index in [4.69, 9.17) is 13.6 Å². The fraction of sp³-hybridized carbons (Fsp3) is 0.867. The standard InChI is InChI=1S/C15H31NO3Si/c1-5-8-10-16(6-2)13-15-14-17-11-9-12-20(4,19-15)18-7-3/h6,15H,2,5,7-14H2,1,3-4H3. The maximum absolute atomic E-state index is 6.33. The monoisotopic (exact) mass is 301 g/mol. The molecular weight excluding hydrogens is 270 g/mol. The molecule has 1 fully saturated rings. The number of rotatable bonds is 8. The van der Waals surface area contributed by atoms with Crippen LogP contribution in [0.5, 0.6) is 0 Å². The van der Waals surface area contributed by atoms with E-state index < -0.39 is 8.56 Å². The molecule has 1 aliphatic rings. The fourth-order valence-electron chi connectivity index (χ4n) is 2.54. The van der Waals surface area contributed by atoms with Crippen LogP contribution in [0, 0.1) is 0 Å². The highest BCUT2D eigenvalue weighted by atomic mass is 28.4. The summed E-state index contributed by atoms with van der Waals surface area (Å²) in [6.07, 6.45) is 5.42. The van der Waals surface area contributed by atoms with Crippen molar-refractivity contribution in [3.63, 3.8) is 0 Å². The lowest BCUT2D eigenvalue weighted by Gasteiger charge is -2.35. The molecule has 1 heterocycles. The largest absolute Gasteiger partial charge is 0.395 e. The highest BCUT2D eigenvalue weighted by Crippen LogP contribution is 2.21. The van der Waals surface area contributed by atoms with Crippen LogP contribution in [0.4, 0.5) is 0 Å². The molecule has 2 atom stereocenters. The van der Waals surface area contributed by atoms with Gasteiger partial charge in [0, 0.05) is 26.3 Å². The average Bonchev–Trinajstić information content (AvgIpc) is 2.40. The van der Waals surface area contributed by atoms with Crippen molar-refractivity contribution in [1.82, 2.24) is 4.90 Å². The molecule has 0 aromatic carbocycles. The van der Waals surface area contributed by atoms with Gasteiger partial charge in [0.15, 0.2) is 0 Å². The molecule has 1 aliphatic heterocycles. The van der Waals surface area contributed by atoms with Crippen molar-refractivity contribution in [2.24, 2.45) is 0 Å². The smallest absolute Gasteiger partial charge is 0.335 e. The maximum Gasteiger partial charge on any atom is 0.335 e. The van der Waals surface area contributed by atoms with Crippen LogP contribution < -0.4 is 0 Å². The van der Waals surface area contributed by atoms with Crippen molar-refractivity contribution in [3.05, 3.63) is 12.8 Å². The minimum Gasteiger partial charge on any atom is -0.395 e. The Hall–Kier alpha value is -0.363. The molecule has 0 N–H and O–H groups in total. The molecule has 0 spiro atoms. The summed E-state index contributed by atoms with van der Waals surface area (Å²) in [6, 6.07) is 1.01. The van der Waals surface area contributed by atoms with Gasteiger partial charge in [-0.3, -0.25) is 0 Å². The first-order valence-electron chi connectivity index (χ1n) is 7.89. The number of unbranched alkanes of at least 4 members (excludes halogenated alkanes) is 1. The summed E-state index contributed by atoms with van der Waals surface area (Å²) in [5.41, 5.74) is 0. The molecule has 2 unspecified atom stereocenters. The molecule has 0 amide bonds. The molecule has 0 aromatic heterocycles. The average molecular weight is 302 g/mol. The lowest BCUT2D eigenvalue weighted by Crippen LogP contribution is -2.48. The van der Waals surface area contributed by atoms with Crippen molar-refractivity contribution in [2.75, 3.05) is 32.9 Å². The summed E-state index contributed by atoms with van der Waals surface area (Å²) in [5.74, 6) is 0. The topological polar surface area (TPSA) is 30.9 Å². The predicted octanol–water partition coefficient (Wildman–Crippen LogP) is 3.15. The number of ether oxygens (including phenoxy) is 1. The van der Waals surface area contributed by atoms with Crippen molar-refractivity contribution < 1.29 is 13.6 Å². The number of hydrogen-bond acceptors (Lipinski definition) is 4. The molecule has 0 radical (unpaired) electrons. The Kier molecular flexibility index (Phi) is 8.45. The number of hydrogen-bond donors (Lipinski definition) is 0. The Labute approximate surface area is 125 Å². The third-order valence-electron chi connectivity index (χ3n) is 3.58. The fourth-order valence-corrected chi connectivity index (χ4v) is 5.11. The molecule has 118 valence electrons. The van der Waals surface area contributed by atoms with Crippen LogP contribution in [0.2, 0.25) is 12.6 Å². The third-order valence-corrected chi connectivity index (χ3v) is 6.58. The van der Waals surface area contributed by atoms with Crippen LogP contribution >= 0.6 is 0 Å². The zero-order chi connectivity index (χ0) is 14.8. The van der Waals surface area contributed by atoms with E-state index in [9.17, 15) is 0 Å². The first-order chi connectivity index (χ1) is 9.63. The minimum absolute atomic E-state index is 0.0911.